The normalized spacial score (nSPS) is 11.8. The largest absolute Gasteiger partial charge is 0.464 e. The van der Waals surface area contributed by atoms with Gasteiger partial charge in [-0.15, -0.1) is 0 Å². The Labute approximate surface area is 121 Å². The summed E-state index contributed by atoms with van der Waals surface area (Å²) < 4.78 is 4.66. The zero-order chi connectivity index (χ0) is 14.6. The fourth-order valence-electron chi connectivity index (χ4n) is 1.31. The van der Waals surface area contributed by atoms with Gasteiger partial charge in [-0.1, -0.05) is 29.3 Å². The monoisotopic (exact) mass is 304 g/mol. The Morgan fingerprint density at radius 3 is 2.63 bits per heavy atom. The summed E-state index contributed by atoms with van der Waals surface area (Å²) in [7, 11) is 0. The molecule has 0 aliphatic heterocycles. The van der Waals surface area contributed by atoms with Crippen LogP contribution in [0.3, 0.4) is 0 Å². The second-order valence-electron chi connectivity index (χ2n) is 3.77. The number of anilines is 1. The van der Waals surface area contributed by atoms with E-state index < -0.39 is 17.9 Å². The molecule has 0 spiro atoms. The summed E-state index contributed by atoms with van der Waals surface area (Å²) in [6, 6.07) is 1.88. The number of carbonyl (C=O) groups excluding carboxylic acids is 2. The third kappa shape index (κ3) is 3.83. The summed E-state index contributed by atoms with van der Waals surface area (Å²) in [6.45, 7) is 3.53. The van der Waals surface area contributed by atoms with Gasteiger partial charge >= 0.3 is 5.97 Å². The van der Waals surface area contributed by atoms with Crippen molar-refractivity contribution < 1.29 is 14.3 Å². The van der Waals surface area contributed by atoms with Crippen LogP contribution in [0.4, 0.5) is 5.69 Å². The number of hydrogen-bond acceptors (Lipinski definition) is 4. The number of ether oxygens (including phenoxy) is 1. The van der Waals surface area contributed by atoms with Crippen LogP contribution in [0.25, 0.3) is 0 Å². The van der Waals surface area contributed by atoms with E-state index in [4.69, 9.17) is 28.9 Å². The zero-order valence-electron chi connectivity index (χ0n) is 10.5. The van der Waals surface area contributed by atoms with Gasteiger partial charge in [-0.25, -0.2) is 4.79 Å². The Bertz CT molecular complexity index is 506. The van der Waals surface area contributed by atoms with Crippen molar-refractivity contribution in [1.82, 2.24) is 0 Å². The van der Waals surface area contributed by atoms with Crippen LogP contribution in [0.5, 0.6) is 0 Å². The Hall–Kier alpha value is -1.30. The highest BCUT2D eigenvalue weighted by molar-refractivity contribution is 6.40. The zero-order valence-corrected chi connectivity index (χ0v) is 12.0. The maximum Gasteiger partial charge on any atom is 0.332 e. The number of halogens is 2. The number of esters is 1. The molecule has 3 N–H and O–H groups in total. The molecule has 1 aromatic rings. The predicted octanol–water partition coefficient (Wildman–Crippen LogP) is 2.13. The maximum absolute atomic E-state index is 11.8. The van der Waals surface area contributed by atoms with E-state index in [1.807, 2.05) is 0 Å². The van der Waals surface area contributed by atoms with Gasteiger partial charge in [0.1, 0.15) is 0 Å². The molecule has 1 rings (SSSR count). The highest BCUT2D eigenvalue weighted by Gasteiger charge is 2.24. The molecule has 0 radical (unpaired) electrons. The summed E-state index contributed by atoms with van der Waals surface area (Å²) in [4.78, 5) is 23.1. The first-order valence-electron chi connectivity index (χ1n) is 5.56. The molecular weight excluding hydrogens is 291 g/mol. The molecule has 0 aromatic heterocycles. The fourth-order valence-corrected chi connectivity index (χ4v) is 1.78. The Balaban J connectivity index is 2.88. The highest BCUT2D eigenvalue weighted by Crippen LogP contribution is 2.32. The number of nitrogens with one attached hydrogen (secondary N) is 1. The molecule has 19 heavy (non-hydrogen) atoms. The molecule has 1 unspecified atom stereocenters. The second kappa shape index (κ2) is 6.75. The molecule has 1 aromatic carbocycles. The van der Waals surface area contributed by atoms with Crippen molar-refractivity contribution in [3.8, 4) is 0 Å². The van der Waals surface area contributed by atoms with Crippen molar-refractivity contribution >= 4 is 40.8 Å². The van der Waals surface area contributed by atoms with Gasteiger partial charge < -0.3 is 15.8 Å². The number of carbonyl (C=O) groups is 2. The lowest BCUT2D eigenvalue weighted by Gasteiger charge is -2.14. The van der Waals surface area contributed by atoms with E-state index in [1.165, 1.54) is 0 Å². The van der Waals surface area contributed by atoms with E-state index in [-0.39, 0.29) is 17.3 Å². The predicted molar refractivity (Wildman–Crippen MR) is 74.4 cm³/mol. The van der Waals surface area contributed by atoms with Gasteiger partial charge in [-0.2, -0.15) is 0 Å². The molecule has 0 fully saturated rings. The second-order valence-corrected chi connectivity index (χ2v) is 4.56. The van der Waals surface area contributed by atoms with Gasteiger partial charge in [0.2, 0.25) is 0 Å². The molecule has 0 heterocycles. The van der Waals surface area contributed by atoms with E-state index >= 15 is 0 Å². The van der Waals surface area contributed by atoms with Crippen molar-refractivity contribution in [3.05, 3.63) is 27.7 Å². The molecule has 0 saturated carbocycles. The minimum atomic E-state index is -1.42. The van der Waals surface area contributed by atoms with Gasteiger partial charge in [-0.3, -0.25) is 4.79 Å². The topological polar surface area (TPSA) is 81.4 Å². The first-order chi connectivity index (χ1) is 8.88. The average Bonchev–Trinajstić information content (AvgIpc) is 2.38. The third-order valence-corrected chi connectivity index (χ3v) is 3.16. The summed E-state index contributed by atoms with van der Waals surface area (Å²) >= 11 is 12.0. The number of benzene rings is 1. The van der Waals surface area contributed by atoms with Crippen molar-refractivity contribution in [2.24, 2.45) is 5.73 Å². The molecule has 0 saturated heterocycles. The molecule has 0 aliphatic carbocycles. The highest BCUT2D eigenvalue weighted by atomic mass is 35.5. The number of hydrogen-bond donors (Lipinski definition) is 2. The molecule has 104 valence electrons. The van der Waals surface area contributed by atoms with Gasteiger partial charge in [0.15, 0.2) is 6.04 Å². The number of aryl methyl sites for hydroxylation is 1. The fraction of sp³-hybridized carbons (Fsp3) is 0.333. The molecule has 0 aliphatic rings. The summed E-state index contributed by atoms with van der Waals surface area (Å²) in [5, 5.41) is 3.00. The van der Waals surface area contributed by atoms with Crippen LogP contribution in [-0.2, 0) is 14.3 Å². The maximum atomic E-state index is 11.8. The van der Waals surface area contributed by atoms with Crippen LogP contribution in [0.2, 0.25) is 10.0 Å². The van der Waals surface area contributed by atoms with E-state index in [2.05, 4.69) is 10.1 Å². The Morgan fingerprint density at radius 1 is 1.42 bits per heavy atom. The molecule has 1 atom stereocenters. The summed E-state index contributed by atoms with van der Waals surface area (Å²) in [5.74, 6) is -1.53. The quantitative estimate of drug-likeness (QED) is 0.659. The van der Waals surface area contributed by atoms with Crippen molar-refractivity contribution in [1.29, 1.82) is 0 Å². The SMILES string of the molecule is CCOC(=O)C(N)C(=O)Nc1c(Cl)ccc(C)c1Cl. The van der Waals surface area contributed by atoms with Crippen LogP contribution >= 0.6 is 23.2 Å². The van der Waals surface area contributed by atoms with E-state index in [1.54, 1.807) is 26.0 Å². The van der Waals surface area contributed by atoms with Gasteiger partial charge in [0.25, 0.3) is 5.91 Å². The molecule has 5 nitrogen and oxygen atoms in total. The lowest BCUT2D eigenvalue weighted by Crippen LogP contribution is -2.43. The van der Waals surface area contributed by atoms with Crippen LogP contribution in [0.1, 0.15) is 12.5 Å². The number of amides is 1. The van der Waals surface area contributed by atoms with Gasteiger partial charge in [0.05, 0.1) is 22.3 Å². The first kappa shape index (κ1) is 15.8. The number of rotatable bonds is 4. The van der Waals surface area contributed by atoms with Crippen molar-refractivity contribution in [3.63, 3.8) is 0 Å². The summed E-state index contributed by atoms with van der Waals surface area (Å²) in [6.07, 6.45) is 0. The molecular formula is C12H14Cl2N2O3. The van der Waals surface area contributed by atoms with E-state index in [9.17, 15) is 9.59 Å². The Morgan fingerprint density at radius 2 is 2.05 bits per heavy atom. The minimum Gasteiger partial charge on any atom is -0.464 e. The third-order valence-electron chi connectivity index (χ3n) is 2.36. The number of nitrogens with two attached hydrogens (primary N) is 1. The van der Waals surface area contributed by atoms with Gasteiger partial charge in [0, 0.05) is 0 Å². The van der Waals surface area contributed by atoms with Gasteiger partial charge in [-0.05, 0) is 25.5 Å². The summed E-state index contributed by atoms with van der Waals surface area (Å²) in [5.41, 5.74) is 6.43. The Kier molecular flexibility index (Phi) is 5.60. The van der Waals surface area contributed by atoms with Crippen LogP contribution in [0, 0.1) is 6.92 Å². The van der Waals surface area contributed by atoms with Crippen LogP contribution in [-0.4, -0.2) is 24.5 Å². The molecule has 7 heteroatoms. The van der Waals surface area contributed by atoms with Crippen LogP contribution in [0.15, 0.2) is 12.1 Å². The smallest absolute Gasteiger partial charge is 0.332 e. The standard InChI is InChI=1S/C12H14Cl2N2O3/c1-3-19-12(18)9(15)11(17)16-10-7(13)5-4-6(2)8(10)14/h4-5,9H,3,15H2,1-2H3,(H,16,17). The first-order valence-corrected chi connectivity index (χ1v) is 6.31. The van der Waals surface area contributed by atoms with E-state index in [0.717, 1.165) is 5.56 Å². The lowest BCUT2D eigenvalue weighted by atomic mass is 10.2. The van der Waals surface area contributed by atoms with Crippen LogP contribution < -0.4 is 11.1 Å². The lowest BCUT2D eigenvalue weighted by molar-refractivity contribution is -0.146. The van der Waals surface area contributed by atoms with E-state index in [0.29, 0.717) is 5.02 Å². The average molecular weight is 305 g/mol. The molecule has 0 bridgehead atoms. The van der Waals surface area contributed by atoms with Crippen molar-refractivity contribution in [2.75, 3.05) is 11.9 Å². The molecule has 1 amide bonds. The van der Waals surface area contributed by atoms with Crippen molar-refractivity contribution in [2.45, 2.75) is 19.9 Å². The minimum absolute atomic E-state index is 0.145.